The van der Waals surface area contributed by atoms with Crippen LogP contribution in [0.3, 0.4) is 0 Å². The molecule has 3 N–H and O–H groups in total. The molecule has 2 rings (SSSR count). The van der Waals surface area contributed by atoms with Gasteiger partial charge in [-0.1, -0.05) is 19.3 Å². The van der Waals surface area contributed by atoms with E-state index in [1.807, 2.05) is 7.05 Å². The number of aryl methyl sites for hydroxylation is 1. The van der Waals surface area contributed by atoms with Crippen molar-refractivity contribution in [1.29, 1.82) is 0 Å². The molecule has 1 saturated carbocycles. The first-order chi connectivity index (χ1) is 8.72. The lowest BCUT2D eigenvalue weighted by Crippen LogP contribution is -2.46. The number of imidazole rings is 1. The maximum Gasteiger partial charge on any atom is 0.269 e. The molecule has 1 heterocycles. The van der Waals surface area contributed by atoms with Crippen molar-refractivity contribution in [3.63, 3.8) is 0 Å². The normalized spacial score (nSPS) is 18.6. The van der Waals surface area contributed by atoms with Gasteiger partial charge in [0.15, 0.2) is 0 Å². The monoisotopic (exact) mass is 250 g/mol. The molecular formula is C13H22N4O. The third kappa shape index (κ3) is 2.90. The quantitative estimate of drug-likeness (QED) is 0.839. The van der Waals surface area contributed by atoms with E-state index < -0.39 is 0 Å². The summed E-state index contributed by atoms with van der Waals surface area (Å²) < 4.78 is 1.73. The van der Waals surface area contributed by atoms with Crippen molar-refractivity contribution >= 4 is 5.91 Å². The van der Waals surface area contributed by atoms with Gasteiger partial charge in [-0.3, -0.25) is 4.79 Å². The Labute approximate surface area is 108 Å². The number of hydrogen-bond donors (Lipinski definition) is 2. The molecule has 5 heteroatoms. The summed E-state index contributed by atoms with van der Waals surface area (Å²) in [6.07, 6.45) is 9.38. The molecule has 18 heavy (non-hydrogen) atoms. The van der Waals surface area contributed by atoms with Crippen molar-refractivity contribution in [2.24, 2.45) is 18.7 Å². The Morgan fingerprint density at radius 3 is 2.83 bits per heavy atom. The standard InChI is InChI=1S/C13H22N4O/c1-17-9-15-8-12(17)13(18)16-11(7-14)10-5-3-2-4-6-10/h8-11H,2-7,14H2,1H3,(H,16,18). The second kappa shape index (κ2) is 6.00. The number of carbonyl (C=O) groups excluding carboxylic acids is 1. The number of rotatable bonds is 4. The van der Waals surface area contributed by atoms with Crippen LogP contribution in [-0.4, -0.2) is 28.0 Å². The number of aromatic nitrogens is 2. The predicted molar refractivity (Wildman–Crippen MR) is 70.1 cm³/mol. The first-order valence-electron chi connectivity index (χ1n) is 6.69. The van der Waals surface area contributed by atoms with E-state index in [0.717, 1.165) is 0 Å². The van der Waals surface area contributed by atoms with Crippen LogP contribution in [0.4, 0.5) is 0 Å². The van der Waals surface area contributed by atoms with Gasteiger partial charge in [0, 0.05) is 19.6 Å². The van der Waals surface area contributed by atoms with Crippen molar-refractivity contribution in [3.8, 4) is 0 Å². The van der Waals surface area contributed by atoms with E-state index >= 15 is 0 Å². The fraction of sp³-hybridized carbons (Fsp3) is 0.692. The highest BCUT2D eigenvalue weighted by atomic mass is 16.2. The smallest absolute Gasteiger partial charge is 0.269 e. The van der Waals surface area contributed by atoms with Gasteiger partial charge in [0.1, 0.15) is 5.69 Å². The number of hydrogen-bond acceptors (Lipinski definition) is 3. The Bertz CT molecular complexity index is 395. The van der Waals surface area contributed by atoms with Gasteiger partial charge in [-0.25, -0.2) is 4.98 Å². The van der Waals surface area contributed by atoms with Gasteiger partial charge >= 0.3 is 0 Å². The Morgan fingerprint density at radius 1 is 1.56 bits per heavy atom. The molecule has 0 spiro atoms. The summed E-state index contributed by atoms with van der Waals surface area (Å²) in [5.41, 5.74) is 6.39. The Balaban J connectivity index is 1.97. The minimum atomic E-state index is -0.0731. The van der Waals surface area contributed by atoms with E-state index in [9.17, 15) is 4.79 Å². The molecule has 1 atom stereocenters. The van der Waals surface area contributed by atoms with Crippen LogP contribution in [0, 0.1) is 5.92 Å². The highest BCUT2D eigenvalue weighted by Crippen LogP contribution is 2.26. The lowest BCUT2D eigenvalue weighted by Gasteiger charge is -2.30. The van der Waals surface area contributed by atoms with Crippen LogP contribution in [-0.2, 0) is 7.05 Å². The number of carbonyl (C=O) groups is 1. The van der Waals surface area contributed by atoms with Crippen molar-refractivity contribution < 1.29 is 4.79 Å². The summed E-state index contributed by atoms with van der Waals surface area (Å²) in [6, 6.07) is 0.0905. The van der Waals surface area contributed by atoms with Gasteiger partial charge in [0.25, 0.3) is 5.91 Å². The number of nitrogens with two attached hydrogens (primary N) is 1. The Kier molecular flexibility index (Phi) is 4.36. The largest absolute Gasteiger partial charge is 0.346 e. The van der Waals surface area contributed by atoms with E-state index in [-0.39, 0.29) is 11.9 Å². The summed E-state index contributed by atoms with van der Waals surface area (Å²) >= 11 is 0. The van der Waals surface area contributed by atoms with E-state index in [1.165, 1.54) is 32.1 Å². The number of amides is 1. The van der Waals surface area contributed by atoms with E-state index in [0.29, 0.717) is 18.2 Å². The van der Waals surface area contributed by atoms with Crippen LogP contribution >= 0.6 is 0 Å². The maximum absolute atomic E-state index is 12.1. The van der Waals surface area contributed by atoms with Gasteiger partial charge in [-0.2, -0.15) is 0 Å². The molecular weight excluding hydrogens is 228 g/mol. The van der Waals surface area contributed by atoms with Crippen LogP contribution < -0.4 is 11.1 Å². The molecule has 1 aromatic heterocycles. The second-order valence-corrected chi connectivity index (χ2v) is 5.10. The van der Waals surface area contributed by atoms with Crippen LogP contribution in [0.25, 0.3) is 0 Å². The first-order valence-corrected chi connectivity index (χ1v) is 6.69. The van der Waals surface area contributed by atoms with Crippen LogP contribution in [0.2, 0.25) is 0 Å². The second-order valence-electron chi connectivity index (χ2n) is 5.10. The lowest BCUT2D eigenvalue weighted by molar-refractivity contribution is 0.0907. The third-order valence-electron chi connectivity index (χ3n) is 3.84. The molecule has 1 unspecified atom stereocenters. The summed E-state index contributed by atoms with van der Waals surface area (Å²) in [4.78, 5) is 16.1. The predicted octanol–water partition coefficient (Wildman–Crippen LogP) is 1.06. The molecule has 1 aliphatic carbocycles. The lowest BCUT2D eigenvalue weighted by atomic mass is 9.84. The highest BCUT2D eigenvalue weighted by molar-refractivity contribution is 5.92. The molecule has 0 aliphatic heterocycles. The average molecular weight is 250 g/mol. The zero-order chi connectivity index (χ0) is 13.0. The molecule has 1 amide bonds. The first kappa shape index (κ1) is 13.1. The molecule has 1 fully saturated rings. The minimum absolute atomic E-state index is 0.0731. The fourth-order valence-corrected chi connectivity index (χ4v) is 2.72. The van der Waals surface area contributed by atoms with Gasteiger partial charge in [0.05, 0.1) is 12.5 Å². The van der Waals surface area contributed by atoms with Crippen molar-refractivity contribution in [2.45, 2.75) is 38.1 Å². The zero-order valence-corrected chi connectivity index (χ0v) is 10.9. The molecule has 0 bridgehead atoms. The van der Waals surface area contributed by atoms with Crippen molar-refractivity contribution in [3.05, 3.63) is 18.2 Å². The molecule has 5 nitrogen and oxygen atoms in total. The van der Waals surface area contributed by atoms with Crippen molar-refractivity contribution in [2.75, 3.05) is 6.54 Å². The van der Waals surface area contributed by atoms with Gasteiger partial charge in [-0.05, 0) is 18.8 Å². The number of nitrogens with zero attached hydrogens (tertiary/aromatic N) is 2. The Morgan fingerprint density at radius 2 is 2.28 bits per heavy atom. The maximum atomic E-state index is 12.1. The van der Waals surface area contributed by atoms with Crippen LogP contribution in [0.1, 0.15) is 42.6 Å². The summed E-state index contributed by atoms with van der Waals surface area (Å²) in [5.74, 6) is 0.456. The summed E-state index contributed by atoms with van der Waals surface area (Å²) in [5, 5.41) is 3.05. The fourth-order valence-electron chi connectivity index (χ4n) is 2.72. The molecule has 0 saturated heterocycles. The number of nitrogens with one attached hydrogen (secondary N) is 1. The SMILES string of the molecule is Cn1cncc1C(=O)NC(CN)C1CCCCC1. The molecule has 0 radical (unpaired) electrons. The van der Waals surface area contributed by atoms with Crippen molar-refractivity contribution in [1.82, 2.24) is 14.9 Å². The van der Waals surface area contributed by atoms with E-state index in [4.69, 9.17) is 5.73 Å². The molecule has 100 valence electrons. The average Bonchev–Trinajstić information content (AvgIpc) is 2.83. The molecule has 0 aromatic carbocycles. The molecule has 1 aliphatic rings. The van der Waals surface area contributed by atoms with Gasteiger partial charge in [0.2, 0.25) is 0 Å². The molecule has 1 aromatic rings. The zero-order valence-electron chi connectivity index (χ0n) is 10.9. The van der Waals surface area contributed by atoms with E-state index in [2.05, 4.69) is 10.3 Å². The Hall–Kier alpha value is -1.36. The van der Waals surface area contributed by atoms with Crippen LogP contribution in [0.15, 0.2) is 12.5 Å². The van der Waals surface area contributed by atoms with Gasteiger partial charge in [-0.15, -0.1) is 0 Å². The third-order valence-corrected chi connectivity index (χ3v) is 3.84. The summed E-state index contributed by atoms with van der Waals surface area (Å²) in [7, 11) is 1.82. The summed E-state index contributed by atoms with van der Waals surface area (Å²) in [6.45, 7) is 0.508. The van der Waals surface area contributed by atoms with Crippen LogP contribution in [0.5, 0.6) is 0 Å². The minimum Gasteiger partial charge on any atom is -0.346 e. The topological polar surface area (TPSA) is 72.9 Å². The highest BCUT2D eigenvalue weighted by Gasteiger charge is 2.24. The van der Waals surface area contributed by atoms with Gasteiger partial charge < -0.3 is 15.6 Å². The van der Waals surface area contributed by atoms with E-state index in [1.54, 1.807) is 17.1 Å².